The molecule has 84 valence electrons. The van der Waals surface area contributed by atoms with Crippen molar-refractivity contribution >= 4 is 0 Å². The molecule has 3 heteroatoms. The number of aliphatic hydroxyl groups excluding tert-OH is 1. The summed E-state index contributed by atoms with van der Waals surface area (Å²) >= 11 is 0. The van der Waals surface area contributed by atoms with Gasteiger partial charge in [-0.2, -0.15) is 0 Å². The van der Waals surface area contributed by atoms with Gasteiger partial charge < -0.3 is 9.84 Å². The number of ether oxygens (including phenoxy) is 1. The van der Waals surface area contributed by atoms with Crippen molar-refractivity contribution in [2.75, 3.05) is 13.7 Å². The number of hydrogen-bond acceptors (Lipinski definition) is 2. The summed E-state index contributed by atoms with van der Waals surface area (Å²) in [5.41, 5.74) is 0.815. The molecule has 1 rings (SSSR count). The van der Waals surface area contributed by atoms with Crippen LogP contribution in [0.25, 0.3) is 0 Å². The Bertz CT molecular complexity index is 359. The Balaban J connectivity index is 3.35. The first-order chi connectivity index (χ1) is 6.92. The summed E-state index contributed by atoms with van der Waals surface area (Å²) in [4.78, 5) is 0. The maximum atomic E-state index is 13.9. The molecule has 0 radical (unpaired) electrons. The molecule has 1 N–H and O–H groups in total. The van der Waals surface area contributed by atoms with E-state index in [1.165, 1.54) is 7.11 Å². The minimum atomic E-state index is -0.594. The Hall–Kier alpha value is -1.09. The monoisotopic (exact) mass is 212 g/mol. The zero-order chi connectivity index (χ0) is 11.6. The summed E-state index contributed by atoms with van der Waals surface area (Å²) in [5.74, 6) is -0.159. The van der Waals surface area contributed by atoms with Gasteiger partial charge >= 0.3 is 0 Å². The van der Waals surface area contributed by atoms with E-state index in [2.05, 4.69) is 0 Å². The molecule has 0 aliphatic heterocycles. The molecule has 15 heavy (non-hydrogen) atoms. The van der Waals surface area contributed by atoms with Gasteiger partial charge in [0, 0.05) is 5.41 Å². The van der Waals surface area contributed by atoms with Crippen molar-refractivity contribution in [1.29, 1.82) is 0 Å². The van der Waals surface area contributed by atoms with E-state index in [1.54, 1.807) is 26.0 Å². The molecule has 0 amide bonds. The highest BCUT2D eigenvalue weighted by molar-refractivity contribution is 5.39. The van der Waals surface area contributed by atoms with Crippen molar-refractivity contribution in [3.05, 3.63) is 29.1 Å². The first-order valence-electron chi connectivity index (χ1n) is 4.88. The second kappa shape index (κ2) is 4.19. The molecule has 0 aliphatic carbocycles. The van der Waals surface area contributed by atoms with Crippen LogP contribution in [0.5, 0.6) is 5.75 Å². The molecular weight excluding hydrogens is 195 g/mol. The van der Waals surface area contributed by atoms with Gasteiger partial charge in [0.05, 0.1) is 13.7 Å². The van der Waals surface area contributed by atoms with Crippen LogP contribution < -0.4 is 4.74 Å². The number of rotatable bonds is 3. The van der Waals surface area contributed by atoms with Crippen molar-refractivity contribution in [1.82, 2.24) is 0 Å². The van der Waals surface area contributed by atoms with Gasteiger partial charge in [-0.05, 0) is 24.1 Å². The van der Waals surface area contributed by atoms with Crippen LogP contribution in [0.1, 0.15) is 25.0 Å². The third-order valence-electron chi connectivity index (χ3n) is 2.53. The number of aryl methyl sites for hydroxylation is 1. The average Bonchev–Trinajstić information content (AvgIpc) is 2.20. The molecule has 0 aliphatic rings. The van der Waals surface area contributed by atoms with Gasteiger partial charge in [-0.15, -0.1) is 0 Å². The number of benzene rings is 1. The van der Waals surface area contributed by atoms with Crippen molar-refractivity contribution in [2.45, 2.75) is 26.2 Å². The number of hydrogen-bond donors (Lipinski definition) is 1. The van der Waals surface area contributed by atoms with Crippen LogP contribution in [0.15, 0.2) is 12.1 Å². The number of methoxy groups -OCH3 is 1. The highest BCUT2D eigenvalue weighted by Crippen LogP contribution is 2.31. The predicted octanol–water partition coefficient (Wildman–Crippen LogP) is 2.41. The molecule has 1 aromatic rings. The van der Waals surface area contributed by atoms with Crippen LogP contribution >= 0.6 is 0 Å². The molecule has 0 heterocycles. The molecule has 0 spiro atoms. The summed E-state index contributed by atoms with van der Waals surface area (Å²) in [5, 5.41) is 9.22. The van der Waals surface area contributed by atoms with E-state index in [0.717, 1.165) is 5.56 Å². The fourth-order valence-electron chi connectivity index (χ4n) is 1.46. The Morgan fingerprint density at radius 3 is 2.47 bits per heavy atom. The molecule has 0 fully saturated rings. The van der Waals surface area contributed by atoms with E-state index >= 15 is 0 Å². The van der Waals surface area contributed by atoms with Gasteiger partial charge in [-0.25, -0.2) is 4.39 Å². The maximum absolute atomic E-state index is 13.9. The van der Waals surface area contributed by atoms with Crippen LogP contribution in [0, 0.1) is 12.7 Å². The zero-order valence-corrected chi connectivity index (χ0v) is 9.60. The quantitative estimate of drug-likeness (QED) is 0.833. The first-order valence-corrected chi connectivity index (χ1v) is 4.88. The fraction of sp³-hybridized carbons (Fsp3) is 0.500. The van der Waals surface area contributed by atoms with E-state index in [4.69, 9.17) is 4.74 Å². The molecule has 0 saturated heterocycles. The second-order valence-corrected chi connectivity index (χ2v) is 4.37. The minimum absolute atomic E-state index is 0.101. The number of aliphatic hydroxyl groups is 1. The summed E-state index contributed by atoms with van der Waals surface area (Å²) in [7, 11) is 1.44. The summed E-state index contributed by atoms with van der Waals surface area (Å²) in [6.07, 6.45) is 0. The SMILES string of the molecule is COc1cc(C)cc(C(C)(C)CO)c1F. The van der Waals surface area contributed by atoms with Gasteiger partial charge in [0.1, 0.15) is 0 Å². The highest BCUT2D eigenvalue weighted by Gasteiger charge is 2.25. The molecular formula is C12H17FO2. The summed E-state index contributed by atoms with van der Waals surface area (Å²) < 4.78 is 18.8. The Morgan fingerprint density at radius 2 is 2.00 bits per heavy atom. The van der Waals surface area contributed by atoms with E-state index < -0.39 is 5.41 Å². The molecule has 0 bridgehead atoms. The van der Waals surface area contributed by atoms with Crippen LogP contribution in [0.3, 0.4) is 0 Å². The largest absolute Gasteiger partial charge is 0.494 e. The lowest BCUT2D eigenvalue weighted by Gasteiger charge is -2.24. The molecule has 1 aromatic carbocycles. The third kappa shape index (κ3) is 2.29. The molecule has 2 nitrogen and oxygen atoms in total. The van der Waals surface area contributed by atoms with E-state index in [1.807, 2.05) is 6.92 Å². The van der Waals surface area contributed by atoms with Gasteiger partial charge in [0.15, 0.2) is 11.6 Å². The molecule has 0 aromatic heterocycles. The average molecular weight is 212 g/mol. The van der Waals surface area contributed by atoms with Crippen molar-refractivity contribution in [2.24, 2.45) is 0 Å². The Kier molecular flexibility index (Phi) is 3.35. The molecule has 0 saturated carbocycles. The van der Waals surface area contributed by atoms with E-state index in [-0.39, 0.29) is 18.2 Å². The second-order valence-electron chi connectivity index (χ2n) is 4.37. The topological polar surface area (TPSA) is 29.5 Å². The third-order valence-corrected chi connectivity index (χ3v) is 2.53. The summed E-state index contributed by atoms with van der Waals surface area (Å²) in [6.45, 7) is 5.37. The van der Waals surface area contributed by atoms with Gasteiger partial charge in [0.2, 0.25) is 0 Å². The fourth-order valence-corrected chi connectivity index (χ4v) is 1.46. The minimum Gasteiger partial charge on any atom is -0.494 e. The maximum Gasteiger partial charge on any atom is 0.168 e. The van der Waals surface area contributed by atoms with Crippen LogP contribution in [-0.4, -0.2) is 18.8 Å². The smallest absolute Gasteiger partial charge is 0.168 e. The standard InChI is InChI=1S/C12H17FO2/c1-8-5-9(12(2,3)7-14)11(13)10(6-8)15-4/h5-6,14H,7H2,1-4H3. The molecule has 0 unspecified atom stereocenters. The van der Waals surface area contributed by atoms with Gasteiger partial charge in [-0.3, -0.25) is 0 Å². The lowest BCUT2D eigenvalue weighted by atomic mass is 9.84. The van der Waals surface area contributed by atoms with Gasteiger partial charge in [-0.1, -0.05) is 19.9 Å². The first kappa shape index (κ1) is 12.0. The lowest BCUT2D eigenvalue weighted by molar-refractivity contribution is 0.214. The highest BCUT2D eigenvalue weighted by atomic mass is 19.1. The van der Waals surface area contributed by atoms with Crippen molar-refractivity contribution in [3.8, 4) is 5.75 Å². The normalized spacial score (nSPS) is 11.6. The Morgan fingerprint density at radius 1 is 1.40 bits per heavy atom. The zero-order valence-electron chi connectivity index (χ0n) is 9.60. The van der Waals surface area contributed by atoms with Crippen molar-refractivity contribution in [3.63, 3.8) is 0 Å². The van der Waals surface area contributed by atoms with Crippen LogP contribution in [0.4, 0.5) is 4.39 Å². The summed E-state index contributed by atoms with van der Waals surface area (Å²) in [6, 6.07) is 3.39. The van der Waals surface area contributed by atoms with Crippen molar-refractivity contribution < 1.29 is 14.2 Å². The van der Waals surface area contributed by atoms with Gasteiger partial charge in [0.25, 0.3) is 0 Å². The van der Waals surface area contributed by atoms with E-state index in [0.29, 0.717) is 5.56 Å². The predicted molar refractivity (Wildman–Crippen MR) is 57.8 cm³/mol. The van der Waals surface area contributed by atoms with E-state index in [9.17, 15) is 9.50 Å². The number of halogens is 1. The van der Waals surface area contributed by atoms with Crippen LogP contribution in [0.2, 0.25) is 0 Å². The molecule has 0 atom stereocenters. The Labute approximate surface area is 89.7 Å². The van der Waals surface area contributed by atoms with Crippen LogP contribution in [-0.2, 0) is 5.41 Å². The lowest BCUT2D eigenvalue weighted by Crippen LogP contribution is -2.24.